The molecular formula is C53H68O26. The minimum absolute atomic E-state index is 0.0996. The summed E-state index contributed by atoms with van der Waals surface area (Å²) in [5, 5.41) is 0. The molecule has 1 aromatic carbocycles. The number of ether oxygens (including phenoxy) is 13. The maximum atomic E-state index is 12.1. The lowest BCUT2D eigenvalue weighted by Gasteiger charge is -2.23. The van der Waals surface area contributed by atoms with Gasteiger partial charge in [-0.15, -0.1) is 0 Å². The van der Waals surface area contributed by atoms with Crippen molar-refractivity contribution in [1.29, 1.82) is 0 Å². The molecule has 0 spiro atoms. The number of carbonyl (C=O) groups excluding carboxylic acids is 13. The van der Waals surface area contributed by atoms with Crippen LogP contribution < -0.4 is 0 Å². The smallest absolute Gasteiger partial charge is 0.341 e. The van der Waals surface area contributed by atoms with E-state index in [2.05, 4.69) is 37.9 Å². The molecule has 0 bridgehead atoms. The molecule has 0 N–H and O–H groups in total. The zero-order valence-electron chi connectivity index (χ0n) is 45.7. The fourth-order valence-corrected chi connectivity index (χ4v) is 5.11. The van der Waals surface area contributed by atoms with Crippen LogP contribution in [-0.4, -0.2) is 138 Å². The molecule has 0 aliphatic heterocycles. The van der Waals surface area contributed by atoms with Crippen LogP contribution in [0.3, 0.4) is 0 Å². The number of rotatable bonds is 23. The molecule has 1 aliphatic rings. The lowest BCUT2D eigenvalue weighted by Crippen LogP contribution is -2.29. The third-order valence-electron chi connectivity index (χ3n) is 8.91. The summed E-state index contributed by atoms with van der Waals surface area (Å²) in [6.07, 6.45) is 10.7. The second kappa shape index (κ2) is 43.2. The standard InChI is InChI=1S/C16H24O6.C14H14O6.C12H14O8.C11H16O6/c1-3-7-15(21-14(18)11-10-13(17)20-2)22-16(19)12-8-5-4-6-9-12;1-10(19-13(16)9-8-12(15)18-2)20-14(17)11-6-4-3-5-7-11;1-8(19-11(15)6-4-9(13)17-2)20-12(16)7-5-10(14)18-3;1-7(2)11(14)17-8(3)16-10(13)6-5-9(12)15-4/h10-12,15H,3-9H2,1-2H3;3-10H,1-2H3;4-8H,1-3H3;5-8H,1-4H3/b11-10+;9-8+;6-4+,7-5+;6-5+. The van der Waals surface area contributed by atoms with Gasteiger partial charge in [0.1, 0.15) is 0 Å². The average Bonchev–Trinajstić information content (AvgIpc) is 3.42. The van der Waals surface area contributed by atoms with Crippen molar-refractivity contribution in [1.82, 2.24) is 0 Å². The molecule has 1 saturated carbocycles. The molecule has 26 heteroatoms. The fourth-order valence-electron chi connectivity index (χ4n) is 5.11. The highest BCUT2D eigenvalue weighted by Crippen LogP contribution is 2.25. The summed E-state index contributed by atoms with van der Waals surface area (Å²) < 4.78 is 60.3. The van der Waals surface area contributed by atoms with Crippen LogP contribution in [0.1, 0.15) is 96.8 Å². The first kappa shape index (κ1) is 72.1. The molecular weight excluding hydrogens is 1050 g/mol. The molecule has 0 heterocycles. The number of methoxy groups -OCH3 is 5. The number of esters is 13. The molecule has 79 heavy (non-hydrogen) atoms. The van der Waals surface area contributed by atoms with Gasteiger partial charge in [-0.25, -0.2) is 52.7 Å². The number of hydrogen-bond donors (Lipinski definition) is 0. The topological polar surface area (TPSA) is 342 Å². The van der Waals surface area contributed by atoms with Gasteiger partial charge in [0.05, 0.1) is 52.9 Å². The summed E-state index contributed by atoms with van der Waals surface area (Å²) in [7, 11) is 5.88. The molecule has 26 nitrogen and oxygen atoms in total. The van der Waals surface area contributed by atoms with Gasteiger partial charge >= 0.3 is 77.6 Å². The summed E-state index contributed by atoms with van der Waals surface area (Å²) in [5.74, 6) is -9.39. The largest absolute Gasteiger partial charge is 0.466 e. The Bertz CT molecular complexity index is 2260. The van der Waals surface area contributed by atoms with E-state index in [4.69, 9.17) is 23.7 Å². The Hall–Kier alpha value is -8.97. The number of benzene rings is 1. The first-order chi connectivity index (χ1) is 37.3. The van der Waals surface area contributed by atoms with Crippen LogP contribution in [0.15, 0.2) is 91.1 Å². The van der Waals surface area contributed by atoms with Crippen molar-refractivity contribution >= 4 is 77.6 Å². The highest BCUT2D eigenvalue weighted by Gasteiger charge is 2.26. The predicted octanol–water partition coefficient (Wildman–Crippen LogP) is 4.65. The Balaban J connectivity index is 0. The highest BCUT2D eigenvalue weighted by atomic mass is 16.7. The van der Waals surface area contributed by atoms with E-state index in [1.54, 1.807) is 44.2 Å². The van der Waals surface area contributed by atoms with Crippen LogP contribution in [0.5, 0.6) is 0 Å². The van der Waals surface area contributed by atoms with Gasteiger partial charge in [0.25, 0.3) is 0 Å². The highest BCUT2D eigenvalue weighted by molar-refractivity contribution is 5.94. The van der Waals surface area contributed by atoms with Crippen molar-refractivity contribution in [3.05, 3.63) is 96.7 Å². The Morgan fingerprint density at radius 3 is 1.06 bits per heavy atom. The molecule has 3 unspecified atom stereocenters. The Kier molecular flexibility index (Phi) is 39.4. The van der Waals surface area contributed by atoms with E-state index >= 15 is 0 Å². The van der Waals surface area contributed by atoms with E-state index in [0.29, 0.717) is 18.4 Å². The maximum Gasteiger partial charge on any atom is 0.341 e. The molecule has 436 valence electrons. The SMILES string of the molecule is CCCC(OC(=O)/C=C/C(=O)OC)OC(=O)C1CCCCC1.COC(=O)/C=C/C(=O)OC(C)OC(=O)/C=C/C(=O)OC.COC(=O)/C=C/C(=O)OC(C)OC(=O)C(C)C.COC(=O)/C=C/C(=O)OC(C)OC(=O)c1ccccc1. The lowest BCUT2D eigenvalue weighted by molar-refractivity contribution is -0.190. The second-order valence-corrected chi connectivity index (χ2v) is 15.5. The Morgan fingerprint density at radius 1 is 0.418 bits per heavy atom. The second-order valence-electron chi connectivity index (χ2n) is 15.5. The van der Waals surface area contributed by atoms with Crippen LogP contribution in [-0.2, 0) is 119 Å². The monoisotopic (exact) mass is 1120 g/mol. The van der Waals surface area contributed by atoms with Gasteiger partial charge in [0.15, 0.2) is 0 Å². The zero-order valence-corrected chi connectivity index (χ0v) is 45.7. The third kappa shape index (κ3) is 39.1. The van der Waals surface area contributed by atoms with Gasteiger partial charge in [-0.3, -0.25) is 9.59 Å². The molecule has 0 saturated heterocycles. The van der Waals surface area contributed by atoms with Gasteiger partial charge in [0, 0.05) is 88.0 Å². The molecule has 0 radical (unpaired) electrons. The molecule has 3 atom stereocenters. The summed E-state index contributed by atoms with van der Waals surface area (Å²) >= 11 is 0. The van der Waals surface area contributed by atoms with Crippen LogP contribution in [0.25, 0.3) is 0 Å². The molecule has 1 aliphatic carbocycles. The first-order valence-corrected chi connectivity index (χ1v) is 23.8. The Morgan fingerprint density at radius 2 is 0.734 bits per heavy atom. The summed E-state index contributed by atoms with van der Waals surface area (Å²) in [4.78, 5) is 145. The van der Waals surface area contributed by atoms with Gasteiger partial charge in [0.2, 0.25) is 25.2 Å². The molecule has 2 rings (SSSR count). The van der Waals surface area contributed by atoms with E-state index in [1.807, 2.05) is 6.92 Å². The fraction of sp³-hybridized carbons (Fsp3) is 0.453. The van der Waals surface area contributed by atoms with Gasteiger partial charge < -0.3 is 61.6 Å². The normalized spacial score (nSPS) is 13.0. The summed E-state index contributed by atoms with van der Waals surface area (Å²) in [5.41, 5.74) is 0.348. The van der Waals surface area contributed by atoms with Gasteiger partial charge in [-0.1, -0.05) is 58.2 Å². The van der Waals surface area contributed by atoms with Crippen LogP contribution in [0.2, 0.25) is 0 Å². The first-order valence-electron chi connectivity index (χ1n) is 23.8. The van der Waals surface area contributed by atoms with Crippen molar-refractivity contribution in [2.45, 2.75) is 112 Å². The predicted molar refractivity (Wildman–Crippen MR) is 269 cm³/mol. The van der Waals surface area contributed by atoms with Crippen molar-refractivity contribution in [3.63, 3.8) is 0 Å². The summed E-state index contributed by atoms with van der Waals surface area (Å²) in [6, 6.07) is 8.29. The van der Waals surface area contributed by atoms with E-state index in [0.717, 1.165) is 107 Å². The van der Waals surface area contributed by atoms with Crippen molar-refractivity contribution < 1.29 is 124 Å². The van der Waals surface area contributed by atoms with Crippen molar-refractivity contribution in [2.75, 3.05) is 35.5 Å². The molecule has 0 amide bonds. The minimum atomic E-state index is -1.19. The molecule has 1 fully saturated rings. The van der Waals surface area contributed by atoms with Crippen LogP contribution in [0.4, 0.5) is 0 Å². The van der Waals surface area contributed by atoms with E-state index < -0.39 is 96.8 Å². The van der Waals surface area contributed by atoms with E-state index in [1.165, 1.54) is 42.1 Å². The molecule has 1 aromatic rings. The van der Waals surface area contributed by atoms with Crippen LogP contribution in [0, 0.1) is 11.8 Å². The minimum Gasteiger partial charge on any atom is -0.466 e. The third-order valence-corrected chi connectivity index (χ3v) is 8.91. The quantitative estimate of drug-likeness (QED) is 0.0622. The maximum absolute atomic E-state index is 12.1. The van der Waals surface area contributed by atoms with E-state index in [-0.39, 0.29) is 17.8 Å². The van der Waals surface area contributed by atoms with Crippen LogP contribution >= 0.6 is 0 Å². The number of carbonyl (C=O) groups is 13. The average molecular weight is 1120 g/mol. The number of hydrogen-bond acceptors (Lipinski definition) is 26. The Labute approximate surface area is 456 Å². The van der Waals surface area contributed by atoms with Gasteiger partial charge in [-0.2, -0.15) is 0 Å². The molecule has 0 aromatic heterocycles. The zero-order chi connectivity index (χ0) is 60.3. The van der Waals surface area contributed by atoms with E-state index in [9.17, 15) is 62.3 Å². The van der Waals surface area contributed by atoms with Crippen molar-refractivity contribution in [3.8, 4) is 0 Å². The van der Waals surface area contributed by atoms with Crippen molar-refractivity contribution in [2.24, 2.45) is 11.8 Å². The lowest BCUT2D eigenvalue weighted by atomic mass is 9.89. The summed E-state index contributed by atoms with van der Waals surface area (Å²) in [6.45, 7) is 9.31. The van der Waals surface area contributed by atoms with Gasteiger partial charge in [-0.05, 0) is 31.4 Å².